The predicted octanol–water partition coefficient (Wildman–Crippen LogP) is 5.68. The zero-order chi connectivity index (χ0) is 15.5. The number of rotatable bonds is 3. The zero-order valence-electron chi connectivity index (χ0n) is 12.4. The van der Waals surface area contributed by atoms with Gasteiger partial charge in [0.15, 0.2) is 5.69 Å². The van der Waals surface area contributed by atoms with E-state index in [4.69, 9.17) is 4.42 Å². The van der Waals surface area contributed by atoms with Gasteiger partial charge in [0.2, 0.25) is 0 Å². The third-order valence-corrected chi connectivity index (χ3v) is 3.38. The minimum absolute atomic E-state index is 0.226. The monoisotopic (exact) mass is 292 g/mol. The fraction of sp³-hybridized carbons (Fsp3) is 0.111. The third kappa shape index (κ3) is 2.91. The summed E-state index contributed by atoms with van der Waals surface area (Å²) < 4.78 is 5.43. The summed E-state index contributed by atoms with van der Waals surface area (Å²) in [6, 6.07) is 17.1. The molecule has 3 rings (SSSR count). The predicted molar refractivity (Wildman–Crippen MR) is 85.9 cm³/mol. The Labute approximate surface area is 128 Å². The molecule has 1 heterocycles. The molecule has 1 N–H and O–H groups in total. The maximum atomic E-state index is 9.91. The van der Waals surface area contributed by atoms with Crippen molar-refractivity contribution in [3.05, 3.63) is 65.7 Å². The van der Waals surface area contributed by atoms with E-state index in [1.54, 1.807) is 6.07 Å². The minimum Gasteiger partial charge on any atom is -0.479 e. The van der Waals surface area contributed by atoms with Gasteiger partial charge in [-0.05, 0) is 37.6 Å². The van der Waals surface area contributed by atoms with Gasteiger partial charge in [-0.3, -0.25) is 0 Å². The van der Waals surface area contributed by atoms with Gasteiger partial charge >= 0.3 is 5.95 Å². The van der Waals surface area contributed by atoms with Crippen molar-refractivity contribution in [3.63, 3.8) is 0 Å². The van der Waals surface area contributed by atoms with Crippen LogP contribution in [0.5, 0.6) is 5.95 Å². The molecule has 22 heavy (non-hydrogen) atoms. The van der Waals surface area contributed by atoms with E-state index in [0.29, 0.717) is 11.4 Å². The van der Waals surface area contributed by atoms with Crippen LogP contribution in [-0.2, 0) is 0 Å². The number of benzene rings is 2. The summed E-state index contributed by atoms with van der Waals surface area (Å²) in [5, 5.41) is 18.1. The summed E-state index contributed by atoms with van der Waals surface area (Å²) >= 11 is 0. The molecule has 0 saturated heterocycles. The smallest absolute Gasteiger partial charge is 0.311 e. The Morgan fingerprint density at radius 2 is 1.68 bits per heavy atom. The first-order valence-electron chi connectivity index (χ1n) is 7.01. The molecule has 0 unspecified atom stereocenters. The topological polar surface area (TPSA) is 58.1 Å². The van der Waals surface area contributed by atoms with Gasteiger partial charge in [0, 0.05) is 11.6 Å². The van der Waals surface area contributed by atoms with Gasteiger partial charge in [-0.1, -0.05) is 35.9 Å². The van der Waals surface area contributed by atoms with Gasteiger partial charge < -0.3 is 9.52 Å². The van der Waals surface area contributed by atoms with Crippen molar-refractivity contribution >= 4 is 11.4 Å². The number of aryl methyl sites for hydroxylation is 2. The molecule has 0 atom stereocenters. The molecule has 0 radical (unpaired) electrons. The number of furan rings is 1. The largest absolute Gasteiger partial charge is 0.479 e. The van der Waals surface area contributed by atoms with E-state index in [9.17, 15) is 5.11 Å². The Morgan fingerprint density at radius 1 is 0.909 bits per heavy atom. The quantitative estimate of drug-likeness (QED) is 0.631. The molecule has 0 fully saturated rings. The maximum Gasteiger partial charge on any atom is 0.311 e. The van der Waals surface area contributed by atoms with Crippen LogP contribution in [0.4, 0.5) is 11.4 Å². The van der Waals surface area contributed by atoms with Crippen LogP contribution in [0.3, 0.4) is 0 Å². The number of aromatic hydroxyl groups is 1. The van der Waals surface area contributed by atoms with E-state index in [1.807, 2.05) is 62.4 Å². The average molecular weight is 292 g/mol. The second kappa shape index (κ2) is 5.85. The molecule has 3 aromatic rings. The van der Waals surface area contributed by atoms with Crippen LogP contribution in [0.2, 0.25) is 0 Å². The van der Waals surface area contributed by atoms with Gasteiger partial charge in [-0.25, -0.2) is 0 Å². The lowest BCUT2D eigenvalue weighted by Crippen LogP contribution is -1.82. The summed E-state index contributed by atoms with van der Waals surface area (Å²) in [4.78, 5) is 0. The van der Waals surface area contributed by atoms with Crippen molar-refractivity contribution in [3.8, 4) is 17.3 Å². The van der Waals surface area contributed by atoms with Crippen molar-refractivity contribution in [1.29, 1.82) is 0 Å². The Morgan fingerprint density at radius 3 is 2.45 bits per heavy atom. The maximum absolute atomic E-state index is 9.91. The van der Waals surface area contributed by atoms with Crippen LogP contribution in [0, 0.1) is 13.8 Å². The molecular formula is C18H16N2O2. The van der Waals surface area contributed by atoms with E-state index in [0.717, 1.165) is 22.4 Å². The molecule has 0 bridgehead atoms. The lowest BCUT2D eigenvalue weighted by Gasteiger charge is -2.03. The standard InChI is InChI=1S/C18H16N2O2/c1-12-8-9-13(2)15(10-12)17-11-16(18(21)22-17)20-19-14-6-4-3-5-7-14/h3-11,21H,1-2H3. The Bertz CT molecular complexity index is 820. The average Bonchev–Trinajstić information content (AvgIpc) is 2.89. The van der Waals surface area contributed by atoms with Gasteiger partial charge in [0.1, 0.15) is 5.76 Å². The van der Waals surface area contributed by atoms with Gasteiger partial charge in [0.05, 0.1) is 5.69 Å². The molecule has 0 saturated carbocycles. The molecule has 0 amide bonds. The van der Waals surface area contributed by atoms with Crippen LogP contribution < -0.4 is 0 Å². The van der Waals surface area contributed by atoms with E-state index >= 15 is 0 Å². The first-order chi connectivity index (χ1) is 10.6. The summed E-state index contributed by atoms with van der Waals surface area (Å²) in [5.41, 5.74) is 4.18. The number of nitrogens with zero attached hydrogens (tertiary/aromatic N) is 2. The molecule has 0 aliphatic rings. The number of hydrogen-bond acceptors (Lipinski definition) is 4. The van der Waals surface area contributed by atoms with Crippen LogP contribution in [0.15, 0.2) is 69.2 Å². The normalized spacial score (nSPS) is 11.2. The highest BCUT2D eigenvalue weighted by molar-refractivity contribution is 5.68. The number of azo groups is 1. The molecule has 0 spiro atoms. The SMILES string of the molecule is Cc1ccc(C)c(-c2cc(N=Nc3ccccc3)c(O)o2)c1. The van der Waals surface area contributed by atoms with Crippen molar-refractivity contribution in [2.75, 3.05) is 0 Å². The fourth-order valence-electron chi connectivity index (χ4n) is 2.18. The first kappa shape index (κ1) is 14.1. The Kier molecular flexibility index (Phi) is 3.74. The highest BCUT2D eigenvalue weighted by Gasteiger charge is 2.13. The molecule has 4 heteroatoms. The van der Waals surface area contributed by atoms with Crippen LogP contribution in [0.25, 0.3) is 11.3 Å². The van der Waals surface area contributed by atoms with Crippen molar-refractivity contribution in [1.82, 2.24) is 0 Å². The van der Waals surface area contributed by atoms with Crippen molar-refractivity contribution in [2.24, 2.45) is 10.2 Å². The summed E-state index contributed by atoms with van der Waals surface area (Å²) in [6.07, 6.45) is 0. The van der Waals surface area contributed by atoms with Gasteiger partial charge in [-0.2, -0.15) is 5.11 Å². The van der Waals surface area contributed by atoms with Gasteiger partial charge in [0.25, 0.3) is 0 Å². The second-order valence-corrected chi connectivity index (χ2v) is 5.15. The molecule has 0 aliphatic carbocycles. The molecule has 1 aromatic heterocycles. The molecule has 4 nitrogen and oxygen atoms in total. The van der Waals surface area contributed by atoms with Gasteiger partial charge in [-0.15, -0.1) is 5.11 Å². The fourth-order valence-corrected chi connectivity index (χ4v) is 2.18. The molecule has 110 valence electrons. The molecule has 0 aliphatic heterocycles. The molecular weight excluding hydrogens is 276 g/mol. The summed E-state index contributed by atoms with van der Waals surface area (Å²) in [5.74, 6) is 0.358. The highest BCUT2D eigenvalue weighted by Crippen LogP contribution is 2.38. The number of hydrogen-bond donors (Lipinski definition) is 1. The lowest BCUT2D eigenvalue weighted by molar-refractivity contribution is 0.339. The second-order valence-electron chi connectivity index (χ2n) is 5.15. The zero-order valence-corrected chi connectivity index (χ0v) is 12.4. The Hall–Kier alpha value is -2.88. The van der Waals surface area contributed by atoms with E-state index in [-0.39, 0.29) is 5.95 Å². The van der Waals surface area contributed by atoms with Crippen LogP contribution in [0.1, 0.15) is 11.1 Å². The van der Waals surface area contributed by atoms with Crippen LogP contribution in [-0.4, -0.2) is 5.11 Å². The minimum atomic E-state index is -0.226. The van der Waals surface area contributed by atoms with E-state index < -0.39 is 0 Å². The van der Waals surface area contributed by atoms with E-state index in [2.05, 4.69) is 10.2 Å². The highest BCUT2D eigenvalue weighted by atomic mass is 16.5. The van der Waals surface area contributed by atoms with Crippen molar-refractivity contribution in [2.45, 2.75) is 13.8 Å². The van der Waals surface area contributed by atoms with E-state index in [1.165, 1.54) is 0 Å². The third-order valence-electron chi connectivity index (χ3n) is 3.38. The first-order valence-corrected chi connectivity index (χ1v) is 7.01. The summed E-state index contributed by atoms with van der Waals surface area (Å²) in [7, 11) is 0. The lowest BCUT2D eigenvalue weighted by atomic mass is 10.0. The van der Waals surface area contributed by atoms with Crippen LogP contribution >= 0.6 is 0 Å². The summed E-state index contributed by atoms with van der Waals surface area (Å²) in [6.45, 7) is 4.02. The molecule has 2 aromatic carbocycles. The Balaban J connectivity index is 1.94. The van der Waals surface area contributed by atoms with Crippen molar-refractivity contribution < 1.29 is 9.52 Å².